The molecular formula is C22H36N4O. The number of aliphatic imine (C=N–C) groups is 1. The number of hydrogen-bond donors (Lipinski definition) is 2. The maximum Gasteiger partial charge on any atom is 0.191 e. The summed E-state index contributed by atoms with van der Waals surface area (Å²) in [5.41, 5.74) is 2.43. The topological polar surface area (TPSA) is 48.9 Å². The molecule has 1 aromatic carbocycles. The molecule has 1 aromatic rings. The van der Waals surface area contributed by atoms with Crippen molar-refractivity contribution >= 4 is 5.96 Å². The highest BCUT2D eigenvalue weighted by Gasteiger charge is 2.22. The number of benzene rings is 1. The van der Waals surface area contributed by atoms with Gasteiger partial charge in [-0.1, -0.05) is 12.1 Å². The Balaban J connectivity index is 1.37. The molecule has 0 spiro atoms. The fourth-order valence-electron chi connectivity index (χ4n) is 3.51. The number of rotatable bonds is 10. The summed E-state index contributed by atoms with van der Waals surface area (Å²) in [6.07, 6.45) is 7.81. The van der Waals surface area contributed by atoms with Crippen molar-refractivity contribution in [2.75, 3.05) is 39.8 Å². The number of hydrogen-bond acceptors (Lipinski definition) is 3. The van der Waals surface area contributed by atoms with Gasteiger partial charge in [0.15, 0.2) is 5.96 Å². The van der Waals surface area contributed by atoms with Crippen molar-refractivity contribution in [2.24, 2.45) is 10.9 Å². The van der Waals surface area contributed by atoms with Gasteiger partial charge in [0.05, 0.1) is 6.61 Å². The fraction of sp³-hybridized carbons (Fsp3) is 0.682. The molecule has 1 aliphatic heterocycles. The predicted molar refractivity (Wildman–Crippen MR) is 113 cm³/mol. The zero-order valence-electron chi connectivity index (χ0n) is 17.1. The van der Waals surface area contributed by atoms with Crippen LogP contribution < -0.4 is 15.4 Å². The SMILES string of the molecule is CN=C(NCCCCN1CCCC1)NCc1ccc(C)cc1OCC1CC1. The van der Waals surface area contributed by atoms with E-state index in [4.69, 9.17) is 4.74 Å². The molecule has 5 heteroatoms. The fourth-order valence-corrected chi connectivity index (χ4v) is 3.51. The van der Waals surface area contributed by atoms with Crippen LogP contribution in [0, 0.1) is 12.8 Å². The minimum Gasteiger partial charge on any atom is -0.493 e. The molecule has 0 bridgehead atoms. The summed E-state index contributed by atoms with van der Waals surface area (Å²) in [4.78, 5) is 6.93. The van der Waals surface area contributed by atoms with Gasteiger partial charge in [0.2, 0.25) is 0 Å². The Hall–Kier alpha value is -1.75. The van der Waals surface area contributed by atoms with Gasteiger partial charge in [-0.15, -0.1) is 0 Å². The minimum atomic E-state index is 0.730. The lowest BCUT2D eigenvalue weighted by atomic mass is 10.1. The van der Waals surface area contributed by atoms with Crippen LogP contribution in [0.15, 0.2) is 23.2 Å². The van der Waals surface area contributed by atoms with Gasteiger partial charge in [0.1, 0.15) is 5.75 Å². The molecule has 0 radical (unpaired) electrons. The molecule has 1 saturated heterocycles. The normalized spacial score (nSPS) is 17.9. The number of unbranched alkanes of at least 4 members (excludes halogenated alkanes) is 1. The van der Waals surface area contributed by atoms with Crippen molar-refractivity contribution in [2.45, 2.75) is 52.0 Å². The van der Waals surface area contributed by atoms with Gasteiger partial charge in [-0.25, -0.2) is 0 Å². The third kappa shape index (κ3) is 7.06. The summed E-state index contributed by atoms with van der Waals surface area (Å²) in [7, 11) is 1.83. The van der Waals surface area contributed by atoms with E-state index in [1.807, 2.05) is 7.05 Å². The van der Waals surface area contributed by atoms with Crippen LogP contribution >= 0.6 is 0 Å². The molecule has 2 N–H and O–H groups in total. The third-order valence-corrected chi connectivity index (χ3v) is 5.46. The molecule has 1 saturated carbocycles. The number of guanidine groups is 1. The summed E-state index contributed by atoms with van der Waals surface area (Å²) < 4.78 is 6.06. The molecule has 0 aromatic heterocycles. The van der Waals surface area contributed by atoms with Gasteiger partial charge in [0.25, 0.3) is 0 Å². The number of nitrogens with zero attached hydrogens (tertiary/aromatic N) is 2. The highest BCUT2D eigenvalue weighted by molar-refractivity contribution is 5.79. The lowest BCUT2D eigenvalue weighted by Crippen LogP contribution is -2.37. The monoisotopic (exact) mass is 372 g/mol. The average molecular weight is 373 g/mol. The first-order valence-corrected chi connectivity index (χ1v) is 10.6. The molecule has 0 amide bonds. The van der Waals surface area contributed by atoms with Crippen LogP contribution in [0.5, 0.6) is 5.75 Å². The largest absolute Gasteiger partial charge is 0.493 e. The van der Waals surface area contributed by atoms with Crippen LogP contribution in [0.25, 0.3) is 0 Å². The molecule has 150 valence electrons. The van der Waals surface area contributed by atoms with Crippen molar-refractivity contribution in [1.82, 2.24) is 15.5 Å². The van der Waals surface area contributed by atoms with Gasteiger partial charge < -0.3 is 20.3 Å². The van der Waals surface area contributed by atoms with Crippen molar-refractivity contribution in [3.05, 3.63) is 29.3 Å². The zero-order chi connectivity index (χ0) is 18.9. The summed E-state index contributed by atoms with van der Waals surface area (Å²) >= 11 is 0. The molecule has 0 atom stereocenters. The van der Waals surface area contributed by atoms with Crippen molar-refractivity contribution < 1.29 is 4.74 Å². The van der Waals surface area contributed by atoms with Gasteiger partial charge >= 0.3 is 0 Å². The Kier molecular flexibility index (Phi) is 7.81. The Morgan fingerprint density at radius 3 is 2.74 bits per heavy atom. The molecule has 1 aliphatic carbocycles. The Morgan fingerprint density at radius 1 is 1.19 bits per heavy atom. The van der Waals surface area contributed by atoms with Crippen LogP contribution in [0.4, 0.5) is 0 Å². The van der Waals surface area contributed by atoms with E-state index in [2.05, 4.69) is 45.6 Å². The van der Waals surface area contributed by atoms with Crippen LogP contribution in [-0.4, -0.2) is 50.7 Å². The number of ether oxygens (including phenoxy) is 1. The maximum atomic E-state index is 6.06. The van der Waals surface area contributed by atoms with E-state index >= 15 is 0 Å². The third-order valence-electron chi connectivity index (χ3n) is 5.46. The highest BCUT2D eigenvalue weighted by atomic mass is 16.5. The maximum absolute atomic E-state index is 6.06. The summed E-state index contributed by atoms with van der Waals surface area (Å²) in [6.45, 7) is 8.47. The Bertz CT molecular complexity index is 606. The number of aryl methyl sites for hydroxylation is 1. The number of likely N-dealkylation sites (tertiary alicyclic amines) is 1. The second kappa shape index (κ2) is 10.5. The minimum absolute atomic E-state index is 0.730. The average Bonchev–Trinajstić information content (AvgIpc) is 3.36. The van der Waals surface area contributed by atoms with E-state index in [-0.39, 0.29) is 0 Å². The molecule has 0 unspecified atom stereocenters. The second-order valence-electron chi connectivity index (χ2n) is 7.97. The Labute approximate surface area is 164 Å². The standard InChI is InChI=1S/C22H36N4O/c1-18-7-10-20(21(15-18)27-17-19-8-9-19)16-25-22(23-2)24-11-3-4-12-26-13-5-6-14-26/h7,10,15,19H,3-6,8-9,11-14,16-17H2,1-2H3,(H2,23,24,25). The molecule has 3 rings (SSSR count). The van der Waals surface area contributed by atoms with Crippen LogP contribution in [0.1, 0.15) is 49.7 Å². The summed E-state index contributed by atoms with van der Waals surface area (Å²) in [6, 6.07) is 6.46. The van der Waals surface area contributed by atoms with Gasteiger partial charge in [-0.2, -0.15) is 0 Å². The Morgan fingerprint density at radius 2 is 2.00 bits per heavy atom. The quantitative estimate of drug-likeness (QED) is 0.376. The first-order valence-electron chi connectivity index (χ1n) is 10.6. The molecule has 2 aliphatic rings. The van der Waals surface area contributed by atoms with Gasteiger partial charge in [0, 0.05) is 25.7 Å². The summed E-state index contributed by atoms with van der Waals surface area (Å²) in [5.74, 6) is 2.64. The van der Waals surface area contributed by atoms with Crippen molar-refractivity contribution in [3.63, 3.8) is 0 Å². The smallest absolute Gasteiger partial charge is 0.191 e. The van der Waals surface area contributed by atoms with E-state index in [0.29, 0.717) is 0 Å². The lowest BCUT2D eigenvalue weighted by Gasteiger charge is -2.16. The molecule has 5 nitrogen and oxygen atoms in total. The van der Waals surface area contributed by atoms with Crippen LogP contribution in [-0.2, 0) is 6.54 Å². The molecule has 1 heterocycles. The van der Waals surface area contributed by atoms with Crippen molar-refractivity contribution in [1.29, 1.82) is 0 Å². The first kappa shape index (κ1) is 20.0. The predicted octanol–water partition coefficient (Wildman–Crippen LogP) is 3.32. The highest BCUT2D eigenvalue weighted by Crippen LogP contribution is 2.30. The molecule has 2 fully saturated rings. The van der Waals surface area contributed by atoms with E-state index < -0.39 is 0 Å². The number of nitrogens with one attached hydrogen (secondary N) is 2. The molecule has 27 heavy (non-hydrogen) atoms. The van der Waals surface area contributed by atoms with Crippen LogP contribution in [0.2, 0.25) is 0 Å². The van der Waals surface area contributed by atoms with E-state index in [1.54, 1.807) is 0 Å². The van der Waals surface area contributed by atoms with E-state index in [1.165, 1.54) is 69.3 Å². The van der Waals surface area contributed by atoms with Gasteiger partial charge in [-0.05, 0) is 82.6 Å². The van der Waals surface area contributed by atoms with Gasteiger partial charge in [-0.3, -0.25) is 4.99 Å². The van der Waals surface area contributed by atoms with Crippen molar-refractivity contribution in [3.8, 4) is 5.75 Å². The lowest BCUT2D eigenvalue weighted by molar-refractivity contribution is 0.296. The summed E-state index contributed by atoms with van der Waals surface area (Å²) in [5, 5.41) is 6.87. The van der Waals surface area contributed by atoms with Crippen LogP contribution in [0.3, 0.4) is 0 Å². The molecular weight excluding hydrogens is 336 g/mol. The van der Waals surface area contributed by atoms with E-state index in [0.717, 1.165) is 37.3 Å². The van der Waals surface area contributed by atoms with E-state index in [9.17, 15) is 0 Å². The second-order valence-corrected chi connectivity index (χ2v) is 7.97. The zero-order valence-corrected chi connectivity index (χ0v) is 17.1. The first-order chi connectivity index (χ1) is 13.2.